The number of hydrogen-bond acceptors (Lipinski definition) is 3. The topological polar surface area (TPSA) is 124 Å². The van der Waals surface area contributed by atoms with Crippen LogP contribution in [0.5, 0.6) is 0 Å². The van der Waals surface area contributed by atoms with Gasteiger partial charge in [-0.1, -0.05) is 0 Å². The zero-order valence-corrected chi connectivity index (χ0v) is 7.84. The first-order chi connectivity index (χ1) is 3.71. The zero-order valence-electron chi connectivity index (χ0n) is 4.20. The maximum atomic E-state index is 9.63. The van der Waals surface area contributed by atoms with E-state index in [0.29, 0.717) is 0 Å². The molecular formula is H4ErO7P2. The van der Waals surface area contributed by atoms with Crippen LogP contribution in [0, 0.1) is 37.3 Å². The first kappa shape index (κ1) is 14.1. The molecule has 0 rings (SSSR count). The quantitative estimate of drug-likeness (QED) is 0.483. The van der Waals surface area contributed by atoms with E-state index in [0.717, 1.165) is 0 Å². The maximum absolute atomic E-state index is 9.63. The van der Waals surface area contributed by atoms with E-state index in [1.165, 1.54) is 0 Å². The average molecular weight is 345 g/mol. The summed E-state index contributed by atoms with van der Waals surface area (Å²) in [5.41, 5.74) is 0. The third-order valence-electron chi connectivity index (χ3n) is 0.213. The zero-order chi connectivity index (χ0) is 7.71. The molecule has 0 aromatic rings. The van der Waals surface area contributed by atoms with Crippen molar-refractivity contribution >= 4 is 15.6 Å². The average Bonchev–Trinajstić information content (AvgIpc) is 1.14. The van der Waals surface area contributed by atoms with Crippen molar-refractivity contribution in [3.63, 3.8) is 0 Å². The van der Waals surface area contributed by atoms with Crippen LogP contribution in [0.1, 0.15) is 0 Å². The Kier molecular flexibility index (Phi) is 6.34. The normalized spacial score (nSPS) is 12.4. The van der Waals surface area contributed by atoms with Gasteiger partial charge < -0.3 is 19.6 Å². The second-order valence-corrected chi connectivity index (χ2v) is 3.68. The number of phosphoric acid groups is 2. The van der Waals surface area contributed by atoms with Gasteiger partial charge in [0.25, 0.3) is 0 Å². The summed E-state index contributed by atoms with van der Waals surface area (Å²) in [6, 6.07) is 0. The monoisotopic (exact) mass is 344 g/mol. The van der Waals surface area contributed by atoms with Gasteiger partial charge in [0.2, 0.25) is 0 Å². The van der Waals surface area contributed by atoms with E-state index in [2.05, 4.69) is 4.31 Å². The van der Waals surface area contributed by atoms with E-state index in [4.69, 9.17) is 19.6 Å². The molecule has 0 spiro atoms. The molecule has 0 aliphatic carbocycles. The van der Waals surface area contributed by atoms with Crippen molar-refractivity contribution in [2.75, 3.05) is 0 Å². The molecule has 7 nitrogen and oxygen atoms in total. The van der Waals surface area contributed by atoms with Gasteiger partial charge in [0.15, 0.2) is 0 Å². The summed E-state index contributed by atoms with van der Waals surface area (Å²) in [4.78, 5) is 31.0. The molecule has 68 valence electrons. The Labute approximate surface area is 85.5 Å². The molecule has 0 saturated carbocycles. The molecule has 0 radical (unpaired) electrons. The van der Waals surface area contributed by atoms with Crippen LogP contribution in [0.25, 0.3) is 0 Å². The molecule has 0 aromatic carbocycles. The van der Waals surface area contributed by atoms with Crippen molar-refractivity contribution in [2.45, 2.75) is 0 Å². The van der Waals surface area contributed by atoms with Gasteiger partial charge in [-0.3, -0.25) is 0 Å². The van der Waals surface area contributed by atoms with Gasteiger partial charge in [0.1, 0.15) is 0 Å². The SMILES string of the molecule is O=P(O)(O)OP(=O)(O)O.[Er]. The summed E-state index contributed by atoms with van der Waals surface area (Å²) in [7, 11) is -10.1. The van der Waals surface area contributed by atoms with E-state index in [1.54, 1.807) is 0 Å². The second-order valence-electron chi connectivity index (χ2n) is 1.06. The first-order valence-corrected chi connectivity index (χ1v) is 4.59. The molecule has 0 atom stereocenters. The summed E-state index contributed by atoms with van der Waals surface area (Å²) in [6.45, 7) is 0. The van der Waals surface area contributed by atoms with Gasteiger partial charge in [-0.15, -0.1) is 0 Å². The summed E-state index contributed by atoms with van der Waals surface area (Å²) < 4.78 is 22.2. The minimum Gasteiger partial charge on any atom is -0.302 e. The van der Waals surface area contributed by atoms with Crippen LogP contribution in [0.15, 0.2) is 0 Å². The van der Waals surface area contributed by atoms with Gasteiger partial charge in [0.05, 0.1) is 0 Å². The largest absolute Gasteiger partial charge is 0.478 e. The molecule has 0 heterocycles. The third kappa shape index (κ3) is 12.2. The van der Waals surface area contributed by atoms with E-state index in [-0.39, 0.29) is 37.3 Å². The fourth-order valence-electron chi connectivity index (χ4n) is 0.139. The van der Waals surface area contributed by atoms with E-state index in [1.807, 2.05) is 0 Å². The predicted octanol–water partition coefficient (Wildman–Crippen LogP) is -0.812. The molecule has 0 saturated heterocycles. The summed E-state index contributed by atoms with van der Waals surface area (Å²) in [6.07, 6.45) is 0. The molecule has 0 aliphatic rings. The molecule has 0 bridgehead atoms. The Morgan fingerprint density at radius 1 is 0.900 bits per heavy atom. The Hall–Kier alpha value is 1.51. The van der Waals surface area contributed by atoms with Crippen molar-refractivity contribution in [1.82, 2.24) is 0 Å². The molecular weight excluding hydrogens is 341 g/mol. The number of rotatable bonds is 2. The van der Waals surface area contributed by atoms with Crippen LogP contribution in [-0.4, -0.2) is 19.6 Å². The van der Waals surface area contributed by atoms with Gasteiger partial charge in [0, 0.05) is 37.3 Å². The van der Waals surface area contributed by atoms with Gasteiger partial charge in [-0.05, 0) is 0 Å². The van der Waals surface area contributed by atoms with E-state index in [9.17, 15) is 9.13 Å². The molecule has 10 heteroatoms. The Bertz CT molecular complexity index is 152. The van der Waals surface area contributed by atoms with Crippen molar-refractivity contribution in [2.24, 2.45) is 0 Å². The first-order valence-electron chi connectivity index (χ1n) is 1.53. The van der Waals surface area contributed by atoms with Crippen LogP contribution < -0.4 is 0 Å². The van der Waals surface area contributed by atoms with E-state index >= 15 is 0 Å². The molecule has 10 heavy (non-hydrogen) atoms. The molecule has 0 fully saturated rings. The van der Waals surface area contributed by atoms with Crippen LogP contribution in [-0.2, 0) is 13.4 Å². The number of hydrogen-bond donors (Lipinski definition) is 4. The standard InChI is InChI=1S/Er.H4O7P2/c;1-8(2,3)7-9(4,5)6/h;(H2,1,2,3)(H2,4,5,6). The van der Waals surface area contributed by atoms with Crippen molar-refractivity contribution in [3.8, 4) is 0 Å². The van der Waals surface area contributed by atoms with Crippen LogP contribution in [0.3, 0.4) is 0 Å². The van der Waals surface area contributed by atoms with Gasteiger partial charge >= 0.3 is 15.6 Å². The van der Waals surface area contributed by atoms with Crippen LogP contribution >= 0.6 is 15.6 Å². The van der Waals surface area contributed by atoms with E-state index < -0.39 is 15.6 Å². The Balaban J connectivity index is 0. The fraction of sp³-hybridized carbons (Fsp3) is 0. The Morgan fingerprint density at radius 2 is 1.10 bits per heavy atom. The minimum atomic E-state index is -5.05. The summed E-state index contributed by atoms with van der Waals surface area (Å²) in [5, 5.41) is 0. The maximum Gasteiger partial charge on any atom is 0.478 e. The van der Waals surface area contributed by atoms with Gasteiger partial charge in [-0.2, -0.15) is 4.31 Å². The van der Waals surface area contributed by atoms with Crippen LogP contribution in [0.2, 0.25) is 0 Å². The minimum absolute atomic E-state index is 0. The third-order valence-corrected chi connectivity index (χ3v) is 1.91. The Morgan fingerprint density at radius 3 is 1.10 bits per heavy atom. The van der Waals surface area contributed by atoms with Crippen molar-refractivity contribution in [1.29, 1.82) is 0 Å². The fourth-order valence-corrected chi connectivity index (χ4v) is 1.25. The smallest absolute Gasteiger partial charge is 0.302 e. The molecule has 0 aromatic heterocycles. The van der Waals surface area contributed by atoms with Crippen molar-refractivity contribution in [3.05, 3.63) is 0 Å². The molecule has 0 aliphatic heterocycles. The summed E-state index contributed by atoms with van der Waals surface area (Å²) in [5.74, 6) is 0. The van der Waals surface area contributed by atoms with Crippen molar-refractivity contribution < 1.29 is 70.3 Å². The predicted molar refractivity (Wildman–Crippen MR) is 25.2 cm³/mol. The van der Waals surface area contributed by atoms with Gasteiger partial charge in [-0.25, -0.2) is 9.13 Å². The summed E-state index contributed by atoms with van der Waals surface area (Å²) >= 11 is 0. The van der Waals surface area contributed by atoms with Crippen LogP contribution in [0.4, 0.5) is 0 Å². The molecule has 0 amide bonds. The molecule has 0 unspecified atom stereocenters. The molecule has 4 N–H and O–H groups in total. The second kappa shape index (κ2) is 4.51.